The van der Waals surface area contributed by atoms with Crippen LogP contribution in [-0.4, -0.2) is 46.0 Å². The molecule has 0 spiro atoms. The second kappa shape index (κ2) is 10.6. The highest BCUT2D eigenvalue weighted by molar-refractivity contribution is 8.22. The molecule has 4 aromatic rings. The molecule has 8 nitrogen and oxygen atoms in total. The van der Waals surface area contributed by atoms with Crippen molar-refractivity contribution in [3.63, 3.8) is 0 Å². The highest BCUT2D eigenvalue weighted by atomic mass is 32.3. The number of fused-ring (bicyclic) bond motifs is 2. The van der Waals surface area contributed by atoms with Gasteiger partial charge < -0.3 is 5.11 Å². The first-order valence-electron chi connectivity index (χ1n) is 13.6. The van der Waals surface area contributed by atoms with Crippen molar-refractivity contribution in [1.29, 1.82) is 0 Å². The number of rotatable bonds is 7. The maximum atomic E-state index is 12.6. The number of hydrogen-bond acceptors (Lipinski definition) is 7. The first-order valence-corrected chi connectivity index (χ1v) is 15.9. The molecule has 10 heteroatoms. The molecule has 5 rings (SSSR count). The van der Waals surface area contributed by atoms with Crippen LogP contribution in [0.15, 0.2) is 47.4 Å². The largest absolute Gasteiger partial charge is 0.481 e. The number of aliphatic carboxylic acids is 1. The Kier molecular flexibility index (Phi) is 7.60. The van der Waals surface area contributed by atoms with Crippen molar-refractivity contribution in [2.24, 2.45) is 11.3 Å². The molecule has 0 fully saturated rings. The van der Waals surface area contributed by atoms with Gasteiger partial charge in [0.05, 0.1) is 15.8 Å². The Hall–Kier alpha value is -2.76. The molecule has 0 saturated carbocycles. The summed E-state index contributed by atoms with van der Waals surface area (Å²) in [5, 5.41) is 19.0. The fraction of sp³-hybridized carbons (Fsp3) is 0.433. The van der Waals surface area contributed by atoms with Crippen molar-refractivity contribution in [2.45, 2.75) is 71.9 Å². The van der Waals surface area contributed by atoms with Gasteiger partial charge in [-0.1, -0.05) is 36.4 Å². The van der Waals surface area contributed by atoms with Gasteiger partial charge in [-0.2, -0.15) is 4.31 Å². The van der Waals surface area contributed by atoms with Crippen LogP contribution < -0.4 is 0 Å². The molecule has 2 atom stereocenters. The van der Waals surface area contributed by atoms with Crippen LogP contribution in [0.3, 0.4) is 0 Å². The van der Waals surface area contributed by atoms with Gasteiger partial charge in [0.25, 0.3) is 0 Å². The van der Waals surface area contributed by atoms with Gasteiger partial charge in [0.15, 0.2) is 0 Å². The summed E-state index contributed by atoms with van der Waals surface area (Å²) >= 11 is 1.58. The van der Waals surface area contributed by atoms with Crippen molar-refractivity contribution < 1.29 is 19.0 Å². The lowest BCUT2D eigenvalue weighted by Crippen LogP contribution is -2.32. The van der Waals surface area contributed by atoms with Gasteiger partial charge in [-0.15, -0.1) is 27.2 Å². The van der Waals surface area contributed by atoms with Crippen LogP contribution in [0.5, 0.6) is 0 Å². The summed E-state index contributed by atoms with van der Waals surface area (Å²) in [6.07, 6.45) is 0.787. The smallest absolute Gasteiger partial charge is 0.310 e. The van der Waals surface area contributed by atoms with Gasteiger partial charge >= 0.3 is 5.97 Å². The summed E-state index contributed by atoms with van der Waals surface area (Å²) in [7, 11) is -3.18. The number of carboxylic acid groups (broad SMARTS) is 1. The number of benzene rings is 2. The topological polar surface area (TPSA) is 112 Å². The Balaban J connectivity index is 1.57. The van der Waals surface area contributed by atoms with Gasteiger partial charge in [0.2, 0.25) is 0 Å². The number of carboxylic acids is 1. The molecule has 3 heterocycles. The number of carbonyl (C=O) groups is 1. The summed E-state index contributed by atoms with van der Waals surface area (Å²) in [6, 6.07) is 13.7. The lowest BCUT2D eigenvalue weighted by molar-refractivity contribution is -0.147. The second-order valence-corrected chi connectivity index (χ2v) is 14.8. The number of aromatic nitrogens is 3. The molecular formula is C30H38N4O4S2. The second-order valence-electron chi connectivity index (χ2n) is 11.5. The Bertz CT molecular complexity index is 1580. The number of nitrogens with zero attached hydrogens (tertiary/aromatic N) is 4. The molecule has 0 unspecified atom stereocenters. The van der Waals surface area contributed by atoms with E-state index in [-0.39, 0.29) is 5.92 Å². The molecule has 0 radical (unpaired) electrons. The van der Waals surface area contributed by atoms with Gasteiger partial charge in [-0.05, 0) is 87.4 Å². The molecule has 1 aliphatic rings. The molecule has 3 N–H and O–H groups in total. The molecular weight excluding hydrogens is 544 g/mol. The lowest BCUT2D eigenvalue weighted by atomic mass is 9.72. The highest BCUT2D eigenvalue weighted by Gasteiger charge is 2.41. The third-order valence-corrected chi connectivity index (χ3v) is 11.4. The molecule has 0 amide bonds. The van der Waals surface area contributed by atoms with Gasteiger partial charge in [-0.25, -0.2) is 4.68 Å². The zero-order valence-corrected chi connectivity index (χ0v) is 25.5. The molecule has 2 aromatic carbocycles. The maximum Gasteiger partial charge on any atom is 0.310 e. The van der Waals surface area contributed by atoms with Crippen molar-refractivity contribution in [1.82, 2.24) is 19.3 Å². The van der Waals surface area contributed by atoms with E-state index < -0.39 is 28.1 Å². The van der Waals surface area contributed by atoms with Gasteiger partial charge in [0, 0.05) is 35.3 Å². The first-order chi connectivity index (χ1) is 18.9. The Morgan fingerprint density at radius 3 is 2.62 bits per heavy atom. The quantitative estimate of drug-likeness (QED) is 0.213. The van der Waals surface area contributed by atoms with Crippen LogP contribution in [-0.2, 0) is 24.3 Å². The van der Waals surface area contributed by atoms with Crippen molar-refractivity contribution in [3.05, 3.63) is 74.5 Å². The van der Waals surface area contributed by atoms with E-state index in [1.807, 2.05) is 61.9 Å². The average Bonchev–Trinajstić information content (AvgIpc) is 3.46. The minimum atomic E-state index is -3.18. The Morgan fingerprint density at radius 1 is 1.20 bits per heavy atom. The summed E-state index contributed by atoms with van der Waals surface area (Å²) in [5.41, 5.74) is 4.41. The van der Waals surface area contributed by atoms with E-state index in [0.29, 0.717) is 24.5 Å². The van der Waals surface area contributed by atoms with E-state index in [1.54, 1.807) is 29.5 Å². The Labute approximate surface area is 241 Å². The maximum absolute atomic E-state index is 12.6. The SMILES string of the molecule is CCn1nnc2c(C)c([C@H](c3cc(CN4C[C@@H](C)Cc5ccccc5S4(O)O)c(C)s3)C(C)(C)C(=O)O)ccc21. The molecule has 0 aliphatic carbocycles. The summed E-state index contributed by atoms with van der Waals surface area (Å²) in [5.74, 6) is -1.06. The van der Waals surface area contributed by atoms with E-state index in [4.69, 9.17) is 0 Å². The Morgan fingerprint density at radius 2 is 1.93 bits per heavy atom. The zero-order valence-electron chi connectivity index (χ0n) is 23.9. The zero-order chi connectivity index (χ0) is 29.0. The van der Waals surface area contributed by atoms with Gasteiger partial charge in [-0.3, -0.25) is 13.9 Å². The third-order valence-electron chi connectivity index (χ3n) is 8.25. The number of aryl methyl sites for hydroxylation is 3. The summed E-state index contributed by atoms with van der Waals surface area (Å²) in [6.45, 7) is 13.3. The normalized spacial score (nSPS) is 19.2. The molecule has 0 bridgehead atoms. The van der Waals surface area contributed by atoms with Crippen LogP contribution in [0.1, 0.15) is 65.6 Å². The number of thiophene rings is 1. The number of hydrogen-bond donors (Lipinski definition) is 3. The van der Waals surface area contributed by atoms with E-state index in [9.17, 15) is 19.0 Å². The van der Waals surface area contributed by atoms with Crippen LogP contribution in [0.2, 0.25) is 0 Å². The first kappa shape index (κ1) is 28.8. The van der Waals surface area contributed by atoms with Crippen LogP contribution in [0.4, 0.5) is 0 Å². The van der Waals surface area contributed by atoms with Crippen molar-refractivity contribution in [2.75, 3.05) is 6.54 Å². The minimum Gasteiger partial charge on any atom is -0.481 e. The van der Waals surface area contributed by atoms with Crippen LogP contribution in [0, 0.1) is 25.2 Å². The lowest BCUT2D eigenvalue weighted by Gasteiger charge is -2.42. The predicted molar refractivity (Wildman–Crippen MR) is 161 cm³/mol. The average molecular weight is 583 g/mol. The molecule has 0 saturated heterocycles. The van der Waals surface area contributed by atoms with E-state index in [2.05, 4.69) is 23.3 Å². The molecule has 40 heavy (non-hydrogen) atoms. The van der Waals surface area contributed by atoms with Crippen molar-refractivity contribution >= 4 is 39.1 Å². The van der Waals surface area contributed by atoms with Gasteiger partial charge in [0.1, 0.15) is 5.52 Å². The molecule has 1 aliphatic heterocycles. The molecule has 214 valence electrons. The fourth-order valence-electron chi connectivity index (χ4n) is 5.91. The monoisotopic (exact) mass is 582 g/mol. The highest BCUT2D eigenvalue weighted by Crippen LogP contribution is 2.56. The standard InChI is InChI=1S/C30H38N4O4S2/c1-7-34-24-13-12-23(19(3)28(24)31-32-34)27(30(5,6)29(35)36)25-15-22(20(4)39-25)17-33-16-18(2)14-21-10-8-9-11-26(21)40(33,37)38/h8-13,15,18,27,37-38H,7,14,16-17H2,1-6H3,(H,35,36)/t18-,27+/m0/s1. The van der Waals surface area contributed by atoms with Crippen LogP contribution in [0.25, 0.3) is 11.0 Å². The summed E-state index contributed by atoms with van der Waals surface area (Å²) in [4.78, 5) is 15.2. The molecule has 2 aromatic heterocycles. The van der Waals surface area contributed by atoms with Crippen molar-refractivity contribution in [3.8, 4) is 0 Å². The minimum absolute atomic E-state index is 0.248. The summed E-state index contributed by atoms with van der Waals surface area (Å²) < 4.78 is 26.6. The van der Waals surface area contributed by atoms with E-state index >= 15 is 0 Å². The van der Waals surface area contributed by atoms with E-state index in [1.165, 1.54) is 0 Å². The third kappa shape index (κ3) is 4.86. The predicted octanol–water partition coefficient (Wildman–Crippen LogP) is 7.09. The van der Waals surface area contributed by atoms with E-state index in [0.717, 1.165) is 49.5 Å². The van der Waals surface area contributed by atoms with Crippen LogP contribution >= 0.6 is 22.1 Å². The fourth-order valence-corrected chi connectivity index (χ4v) is 9.08.